The molecule has 0 unspecified atom stereocenters. The molecule has 254 valence electrons. The van der Waals surface area contributed by atoms with E-state index < -0.39 is 0 Å². The highest BCUT2D eigenvalue weighted by Crippen LogP contribution is 2.45. The van der Waals surface area contributed by atoms with Crippen molar-refractivity contribution in [2.45, 2.75) is 0 Å². The molecule has 11 aromatic carbocycles. The van der Waals surface area contributed by atoms with Crippen LogP contribution >= 0.6 is 0 Å². The van der Waals surface area contributed by atoms with E-state index in [1.54, 1.807) is 0 Å². The van der Waals surface area contributed by atoms with E-state index in [0.29, 0.717) is 0 Å². The molecule has 0 saturated heterocycles. The van der Waals surface area contributed by atoms with Gasteiger partial charge < -0.3 is 4.42 Å². The van der Waals surface area contributed by atoms with Crippen molar-refractivity contribution < 1.29 is 4.42 Å². The maximum absolute atomic E-state index is 6.40. The number of para-hydroxylation sites is 1. The van der Waals surface area contributed by atoms with Gasteiger partial charge in [0.15, 0.2) is 0 Å². The van der Waals surface area contributed by atoms with Gasteiger partial charge in [-0.15, -0.1) is 0 Å². The predicted octanol–water partition coefficient (Wildman–Crippen LogP) is 15.5. The van der Waals surface area contributed by atoms with Crippen LogP contribution in [-0.2, 0) is 0 Å². The van der Waals surface area contributed by atoms with Gasteiger partial charge >= 0.3 is 0 Å². The van der Waals surface area contributed by atoms with E-state index >= 15 is 0 Å². The van der Waals surface area contributed by atoms with Crippen molar-refractivity contribution in [1.82, 2.24) is 0 Å². The summed E-state index contributed by atoms with van der Waals surface area (Å²) in [4.78, 5) is 0. The molecule has 0 atom stereocenters. The summed E-state index contributed by atoms with van der Waals surface area (Å²) in [6.45, 7) is 0. The summed E-state index contributed by atoms with van der Waals surface area (Å²) in [6.07, 6.45) is 0. The van der Waals surface area contributed by atoms with Crippen LogP contribution in [0.15, 0.2) is 199 Å². The second-order valence-electron chi connectivity index (χ2n) is 14.8. The van der Waals surface area contributed by atoms with Crippen molar-refractivity contribution in [2.24, 2.45) is 0 Å². The Morgan fingerprint density at radius 3 is 1.27 bits per heavy atom. The van der Waals surface area contributed by atoms with Crippen LogP contribution in [-0.4, -0.2) is 0 Å². The summed E-state index contributed by atoms with van der Waals surface area (Å²) in [7, 11) is 0. The largest absolute Gasteiger partial charge is 0.456 e. The lowest BCUT2D eigenvalue weighted by atomic mass is 9.86. The Hall–Kier alpha value is -7.22. The average Bonchev–Trinajstić information content (AvgIpc) is 3.63. The highest BCUT2D eigenvalue weighted by Gasteiger charge is 2.17. The number of furan rings is 1. The molecule has 1 heteroatoms. The van der Waals surface area contributed by atoms with Gasteiger partial charge in [-0.25, -0.2) is 0 Å². The molecule has 55 heavy (non-hydrogen) atoms. The molecular formula is C54H32O. The van der Waals surface area contributed by atoms with Crippen LogP contribution < -0.4 is 0 Å². The van der Waals surface area contributed by atoms with Gasteiger partial charge in [-0.3, -0.25) is 0 Å². The van der Waals surface area contributed by atoms with Gasteiger partial charge in [0.2, 0.25) is 0 Å². The van der Waals surface area contributed by atoms with Crippen molar-refractivity contribution in [1.29, 1.82) is 0 Å². The second-order valence-corrected chi connectivity index (χ2v) is 14.8. The molecule has 1 heterocycles. The number of rotatable bonds is 3. The molecule has 1 aromatic heterocycles. The first-order chi connectivity index (χ1) is 27.3. The zero-order chi connectivity index (χ0) is 36.0. The molecule has 12 aromatic rings. The zero-order valence-electron chi connectivity index (χ0n) is 29.9. The zero-order valence-corrected chi connectivity index (χ0v) is 29.9. The first kappa shape index (κ1) is 30.3. The van der Waals surface area contributed by atoms with Crippen LogP contribution in [0.2, 0.25) is 0 Å². The molecular weight excluding hydrogens is 665 g/mol. The summed E-state index contributed by atoms with van der Waals surface area (Å²) in [6, 6.07) is 71.2. The van der Waals surface area contributed by atoms with Crippen molar-refractivity contribution in [3.8, 4) is 33.4 Å². The normalized spacial score (nSPS) is 12.0. The topological polar surface area (TPSA) is 13.1 Å². The van der Waals surface area contributed by atoms with Gasteiger partial charge in [0.25, 0.3) is 0 Å². The first-order valence-electron chi connectivity index (χ1n) is 19.0. The van der Waals surface area contributed by atoms with E-state index in [1.807, 2.05) is 6.07 Å². The Labute approximate surface area is 317 Å². The van der Waals surface area contributed by atoms with Crippen molar-refractivity contribution in [3.05, 3.63) is 194 Å². The molecule has 0 fully saturated rings. The Morgan fingerprint density at radius 2 is 0.618 bits per heavy atom. The molecule has 0 saturated carbocycles. The summed E-state index contributed by atoms with van der Waals surface area (Å²) >= 11 is 0. The third-order valence-electron chi connectivity index (χ3n) is 11.8. The molecule has 0 spiro atoms. The van der Waals surface area contributed by atoms with E-state index in [-0.39, 0.29) is 0 Å². The molecule has 0 N–H and O–H groups in total. The smallest absolute Gasteiger partial charge is 0.136 e. The minimum Gasteiger partial charge on any atom is -0.456 e. The molecule has 0 aliphatic rings. The van der Waals surface area contributed by atoms with E-state index in [1.165, 1.54) is 98.0 Å². The van der Waals surface area contributed by atoms with Crippen molar-refractivity contribution in [2.75, 3.05) is 0 Å². The summed E-state index contributed by atoms with van der Waals surface area (Å²) in [5, 5.41) is 17.4. The number of fused-ring (bicyclic) bond motifs is 14. The monoisotopic (exact) mass is 696 g/mol. The predicted molar refractivity (Wildman–Crippen MR) is 235 cm³/mol. The molecule has 0 bridgehead atoms. The standard InChI is InChI=1S/C54H32O/c1-2-12-33(13-3-1)34-22-24-35(25-23-34)45-29-48-40-17-7-5-15-38(40)46(30-49(48)39-16-6-4-14-37(39)45)36-26-27-43-47(28-36)41-18-8-9-19-42(41)50-31-52-44-20-10-11-21-53(44)55-54(52)32-51(43)50/h1-32H. The molecule has 0 radical (unpaired) electrons. The van der Waals surface area contributed by atoms with Gasteiger partial charge in [-0.2, -0.15) is 0 Å². The Morgan fingerprint density at radius 1 is 0.200 bits per heavy atom. The molecule has 0 amide bonds. The van der Waals surface area contributed by atoms with Crippen molar-refractivity contribution >= 4 is 86.6 Å². The summed E-state index contributed by atoms with van der Waals surface area (Å²) in [5.41, 5.74) is 9.23. The van der Waals surface area contributed by atoms with Gasteiger partial charge in [0.05, 0.1) is 0 Å². The van der Waals surface area contributed by atoms with E-state index in [4.69, 9.17) is 4.42 Å². The molecule has 12 rings (SSSR count). The average molecular weight is 697 g/mol. The van der Waals surface area contributed by atoms with Crippen LogP contribution in [0, 0.1) is 0 Å². The van der Waals surface area contributed by atoms with Crippen LogP contribution in [0.4, 0.5) is 0 Å². The highest BCUT2D eigenvalue weighted by atomic mass is 16.3. The maximum atomic E-state index is 6.40. The summed E-state index contributed by atoms with van der Waals surface area (Å²) in [5.74, 6) is 0. The lowest BCUT2D eigenvalue weighted by molar-refractivity contribution is 0.669. The van der Waals surface area contributed by atoms with E-state index in [0.717, 1.165) is 21.9 Å². The fourth-order valence-corrected chi connectivity index (χ4v) is 9.24. The lowest BCUT2D eigenvalue weighted by Gasteiger charge is -2.17. The molecule has 1 nitrogen and oxygen atoms in total. The van der Waals surface area contributed by atoms with Crippen LogP contribution in [0.5, 0.6) is 0 Å². The SMILES string of the molecule is c1ccc(-c2ccc(-c3cc4c5ccccc5c(-c5ccc6c(c5)c5ccccc5c5cc7c(cc65)oc5ccccc57)cc4c4ccccc34)cc2)cc1. The number of hydrogen-bond donors (Lipinski definition) is 0. The quantitative estimate of drug-likeness (QED) is 0.168. The summed E-state index contributed by atoms with van der Waals surface area (Å²) < 4.78 is 6.40. The fourth-order valence-electron chi connectivity index (χ4n) is 9.24. The Balaban J connectivity index is 1.10. The second kappa shape index (κ2) is 11.6. The molecule has 0 aliphatic carbocycles. The number of hydrogen-bond acceptors (Lipinski definition) is 1. The maximum Gasteiger partial charge on any atom is 0.136 e. The number of benzene rings is 11. The van der Waals surface area contributed by atoms with Gasteiger partial charge in [0, 0.05) is 10.8 Å². The van der Waals surface area contributed by atoms with Crippen LogP contribution in [0.25, 0.3) is 120 Å². The molecule has 0 aliphatic heterocycles. The van der Waals surface area contributed by atoms with Crippen molar-refractivity contribution in [3.63, 3.8) is 0 Å². The van der Waals surface area contributed by atoms with Gasteiger partial charge in [-0.05, 0) is 134 Å². The highest BCUT2D eigenvalue weighted by molar-refractivity contribution is 6.29. The minimum atomic E-state index is 0.924. The van der Waals surface area contributed by atoms with E-state index in [9.17, 15) is 0 Å². The van der Waals surface area contributed by atoms with E-state index in [2.05, 4.69) is 188 Å². The van der Waals surface area contributed by atoms with Crippen LogP contribution in [0.3, 0.4) is 0 Å². The first-order valence-corrected chi connectivity index (χ1v) is 19.0. The Kier molecular flexibility index (Phi) is 6.40. The Bertz CT molecular complexity index is 3520. The van der Waals surface area contributed by atoms with Crippen LogP contribution in [0.1, 0.15) is 0 Å². The minimum absolute atomic E-state index is 0.924. The third-order valence-corrected chi connectivity index (χ3v) is 11.8. The fraction of sp³-hybridized carbons (Fsp3) is 0. The lowest BCUT2D eigenvalue weighted by Crippen LogP contribution is -1.90. The van der Waals surface area contributed by atoms with Gasteiger partial charge in [0.1, 0.15) is 11.2 Å². The van der Waals surface area contributed by atoms with Gasteiger partial charge in [-0.1, -0.05) is 158 Å². The third kappa shape index (κ3) is 4.54.